The van der Waals surface area contributed by atoms with Crippen LogP contribution in [0.3, 0.4) is 0 Å². The number of aromatic nitrogens is 2. The molecule has 0 aliphatic heterocycles. The van der Waals surface area contributed by atoms with Crippen molar-refractivity contribution in [2.45, 2.75) is 26.7 Å². The molecule has 0 saturated carbocycles. The van der Waals surface area contributed by atoms with Crippen LogP contribution in [0.15, 0.2) is 0 Å². The van der Waals surface area contributed by atoms with Crippen molar-refractivity contribution in [2.75, 3.05) is 23.4 Å². The first kappa shape index (κ1) is 15.1. The van der Waals surface area contributed by atoms with E-state index in [0.717, 1.165) is 35.3 Å². The van der Waals surface area contributed by atoms with E-state index in [-0.39, 0.29) is 5.92 Å². The predicted molar refractivity (Wildman–Crippen MR) is 80.5 cm³/mol. The molecular weight excluding hydrogens is 266 g/mol. The van der Waals surface area contributed by atoms with Gasteiger partial charge in [-0.3, -0.25) is 0 Å². The van der Waals surface area contributed by atoms with Crippen LogP contribution in [0, 0.1) is 19.3 Å². The molecule has 0 radical (unpaired) electrons. The maximum absolute atomic E-state index is 6.10. The van der Waals surface area contributed by atoms with Crippen LogP contribution in [0.5, 0.6) is 0 Å². The zero-order valence-electron chi connectivity index (χ0n) is 11.0. The van der Waals surface area contributed by atoms with Crippen LogP contribution in [0.2, 0.25) is 5.15 Å². The lowest BCUT2D eigenvalue weighted by molar-refractivity contribution is 0.772. The van der Waals surface area contributed by atoms with Gasteiger partial charge in [0, 0.05) is 23.8 Å². The van der Waals surface area contributed by atoms with E-state index < -0.39 is 0 Å². The Hall–Kier alpha value is -0.920. The Labute approximate surface area is 118 Å². The highest BCUT2D eigenvalue weighted by Gasteiger charge is 2.11. The van der Waals surface area contributed by atoms with E-state index in [1.54, 1.807) is 11.8 Å². The van der Waals surface area contributed by atoms with Crippen molar-refractivity contribution in [3.8, 4) is 12.3 Å². The number of terminal acetylenes is 1. The molecule has 0 aliphatic carbocycles. The Kier molecular flexibility index (Phi) is 6.31. The van der Waals surface area contributed by atoms with Crippen molar-refractivity contribution < 1.29 is 0 Å². The van der Waals surface area contributed by atoms with E-state index in [4.69, 9.17) is 18.0 Å². The fourth-order valence-corrected chi connectivity index (χ4v) is 1.99. The lowest BCUT2D eigenvalue weighted by Crippen LogP contribution is -2.10. The maximum Gasteiger partial charge on any atom is 0.137 e. The van der Waals surface area contributed by atoms with Crippen LogP contribution >= 0.6 is 23.4 Å². The third-order valence-electron chi connectivity index (χ3n) is 2.34. The molecule has 1 aromatic rings. The number of rotatable bonds is 6. The summed E-state index contributed by atoms with van der Waals surface area (Å²) < 4.78 is 0. The van der Waals surface area contributed by atoms with Crippen molar-refractivity contribution in [2.24, 2.45) is 0 Å². The number of hydrogen-bond acceptors (Lipinski definition) is 4. The van der Waals surface area contributed by atoms with Gasteiger partial charge in [0.15, 0.2) is 0 Å². The van der Waals surface area contributed by atoms with Crippen LogP contribution in [-0.4, -0.2) is 28.0 Å². The second kappa shape index (κ2) is 7.50. The number of nitrogens with zero attached hydrogens (tertiary/aromatic N) is 2. The summed E-state index contributed by atoms with van der Waals surface area (Å²) >= 11 is 7.82. The Morgan fingerprint density at radius 1 is 1.44 bits per heavy atom. The minimum absolute atomic E-state index is 0.263. The average Bonchev–Trinajstić information content (AvgIpc) is 2.33. The number of nitrogens with one attached hydrogen (secondary N) is 1. The largest absolute Gasteiger partial charge is 0.369 e. The van der Waals surface area contributed by atoms with Crippen LogP contribution in [0.25, 0.3) is 0 Å². The predicted octanol–water partition coefficient (Wildman–Crippen LogP) is 3.34. The molecular formula is C13H18ClN3S. The topological polar surface area (TPSA) is 37.8 Å². The monoisotopic (exact) mass is 283 g/mol. The van der Waals surface area contributed by atoms with Crippen molar-refractivity contribution in [3.05, 3.63) is 16.5 Å². The van der Waals surface area contributed by atoms with Crippen molar-refractivity contribution >= 4 is 29.2 Å². The highest BCUT2D eigenvalue weighted by molar-refractivity contribution is 7.99. The molecule has 0 aromatic carbocycles. The van der Waals surface area contributed by atoms with E-state index in [2.05, 4.69) is 21.2 Å². The van der Waals surface area contributed by atoms with Gasteiger partial charge in [-0.1, -0.05) is 31.4 Å². The minimum atomic E-state index is 0.263. The Morgan fingerprint density at radius 2 is 2.17 bits per heavy atom. The molecule has 0 saturated heterocycles. The maximum atomic E-state index is 6.10. The molecule has 0 spiro atoms. The minimum Gasteiger partial charge on any atom is -0.369 e. The van der Waals surface area contributed by atoms with Gasteiger partial charge in [-0.2, -0.15) is 0 Å². The number of anilines is 1. The van der Waals surface area contributed by atoms with Crippen LogP contribution in [0.1, 0.15) is 31.2 Å². The summed E-state index contributed by atoms with van der Waals surface area (Å²) in [6.07, 6.45) is 5.19. The van der Waals surface area contributed by atoms with Crippen LogP contribution in [-0.2, 0) is 0 Å². The molecule has 1 N–H and O–H groups in total. The van der Waals surface area contributed by atoms with E-state index >= 15 is 0 Å². The third kappa shape index (κ3) is 4.40. The second-order valence-electron chi connectivity index (χ2n) is 4.18. The Balaban J connectivity index is 2.67. The average molecular weight is 284 g/mol. The summed E-state index contributed by atoms with van der Waals surface area (Å²) in [5.41, 5.74) is 0.892. The van der Waals surface area contributed by atoms with E-state index in [1.165, 1.54) is 0 Å². The highest BCUT2D eigenvalue weighted by Crippen LogP contribution is 2.22. The summed E-state index contributed by atoms with van der Waals surface area (Å²) in [7, 11) is 0. The number of hydrogen-bond donors (Lipinski definition) is 1. The zero-order chi connectivity index (χ0) is 13.5. The molecule has 3 nitrogen and oxygen atoms in total. The van der Waals surface area contributed by atoms with E-state index in [0.29, 0.717) is 5.15 Å². The van der Waals surface area contributed by atoms with Gasteiger partial charge in [0.2, 0.25) is 0 Å². The molecule has 0 atom stereocenters. The fraction of sp³-hybridized carbons (Fsp3) is 0.538. The summed E-state index contributed by atoms with van der Waals surface area (Å²) in [4.78, 5) is 8.77. The van der Waals surface area contributed by atoms with Crippen molar-refractivity contribution in [3.63, 3.8) is 0 Å². The normalized spacial score (nSPS) is 10.4. The third-order valence-corrected chi connectivity index (χ3v) is 3.58. The van der Waals surface area contributed by atoms with E-state index in [9.17, 15) is 0 Å². The lowest BCUT2D eigenvalue weighted by Gasteiger charge is -2.12. The number of thioether (sulfide) groups is 1. The zero-order valence-corrected chi connectivity index (χ0v) is 12.5. The second-order valence-corrected chi connectivity index (χ2v) is 5.65. The van der Waals surface area contributed by atoms with Gasteiger partial charge in [-0.15, -0.1) is 18.2 Å². The summed E-state index contributed by atoms with van der Waals surface area (Å²) in [5.74, 6) is 6.14. The molecule has 1 aromatic heterocycles. The van der Waals surface area contributed by atoms with Gasteiger partial charge < -0.3 is 5.32 Å². The molecule has 0 unspecified atom stereocenters. The van der Waals surface area contributed by atoms with E-state index in [1.807, 2.05) is 20.8 Å². The summed E-state index contributed by atoms with van der Waals surface area (Å²) in [6.45, 7) is 6.84. The SMILES string of the molecule is C#CCSCCNc1nc(C(C)C)nc(Cl)c1C. The van der Waals surface area contributed by atoms with Gasteiger partial charge in [-0.05, 0) is 6.92 Å². The first-order chi connectivity index (χ1) is 8.56. The smallest absolute Gasteiger partial charge is 0.137 e. The quantitative estimate of drug-likeness (QED) is 0.494. The first-order valence-corrected chi connectivity index (χ1v) is 7.38. The molecule has 0 bridgehead atoms. The summed E-state index contributed by atoms with van der Waals surface area (Å²) in [6, 6.07) is 0. The molecule has 0 amide bonds. The van der Waals surface area contributed by atoms with Crippen molar-refractivity contribution in [1.82, 2.24) is 9.97 Å². The fourth-order valence-electron chi connectivity index (χ4n) is 1.31. The standard InChI is InChI=1S/C13H18ClN3S/c1-5-7-18-8-6-15-13-10(4)11(14)16-12(17-13)9(2)3/h1,9H,6-8H2,2-4H3,(H,15,16,17). The van der Waals surface area contributed by atoms with Crippen molar-refractivity contribution in [1.29, 1.82) is 0 Å². The molecule has 0 fully saturated rings. The van der Waals surface area contributed by atoms with Crippen LogP contribution in [0.4, 0.5) is 5.82 Å². The highest BCUT2D eigenvalue weighted by atomic mass is 35.5. The molecule has 0 aliphatic rings. The van der Waals surface area contributed by atoms with Gasteiger partial charge >= 0.3 is 0 Å². The molecule has 5 heteroatoms. The molecule has 18 heavy (non-hydrogen) atoms. The Morgan fingerprint density at radius 3 is 2.78 bits per heavy atom. The first-order valence-electron chi connectivity index (χ1n) is 5.85. The van der Waals surface area contributed by atoms with Gasteiger partial charge in [0.25, 0.3) is 0 Å². The Bertz CT molecular complexity index is 441. The van der Waals surface area contributed by atoms with Gasteiger partial charge in [0.1, 0.15) is 16.8 Å². The molecule has 98 valence electrons. The lowest BCUT2D eigenvalue weighted by atomic mass is 10.2. The number of halogens is 1. The summed E-state index contributed by atoms with van der Waals surface area (Å²) in [5, 5.41) is 3.80. The molecule has 1 rings (SSSR count). The van der Waals surface area contributed by atoms with Crippen LogP contribution < -0.4 is 5.32 Å². The molecule has 1 heterocycles. The van der Waals surface area contributed by atoms with Gasteiger partial charge in [-0.25, -0.2) is 9.97 Å². The van der Waals surface area contributed by atoms with Gasteiger partial charge in [0.05, 0.1) is 5.75 Å².